The first-order valence-electron chi connectivity index (χ1n) is 11.2. The number of esters is 1. The highest BCUT2D eigenvalue weighted by Gasteiger charge is 2.38. The van der Waals surface area contributed by atoms with Crippen LogP contribution in [0.3, 0.4) is 0 Å². The lowest BCUT2D eigenvalue weighted by molar-refractivity contribution is -0.173. The van der Waals surface area contributed by atoms with E-state index >= 15 is 0 Å². The molecule has 0 saturated heterocycles. The number of amides is 1. The normalized spacial score (nSPS) is 11.6. The van der Waals surface area contributed by atoms with Gasteiger partial charge in [-0.05, 0) is 54.8 Å². The van der Waals surface area contributed by atoms with Crippen molar-refractivity contribution in [2.45, 2.75) is 35.9 Å². The van der Waals surface area contributed by atoms with Gasteiger partial charge in [0.25, 0.3) is 0 Å². The molecule has 0 aliphatic rings. The minimum Gasteiger partial charge on any atom is -0.488 e. The quantitative estimate of drug-likeness (QED) is 0.384. The molecule has 0 bridgehead atoms. The molecule has 0 unspecified atom stereocenters. The molecule has 0 saturated carbocycles. The summed E-state index contributed by atoms with van der Waals surface area (Å²) in [5.74, 6) is -2.61. The predicted octanol–water partition coefficient (Wildman–Crippen LogP) is 4.50. The number of rotatable bonds is 10. The van der Waals surface area contributed by atoms with Crippen molar-refractivity contribution in [1.29, 1.82) is 0 Å². The highest BCUT2D eigenvalue weighted by molar-refractivity contribution is 7.91. The van der Waals surface area contributed by atoms with Gasteiger partial charge in [0.2, 0.25) is 9.84 Å². The van der Waals surface area contributed by atoms with Crippen LogP contribution in [0.5, 0.6) is 5.75 Å². The molecule has 3 aromatic rings. The Morgan fingerprint density at radius 2 is 1.54 bits per heavy atom. The minimum absolute atomic E-state index is 0.0455. The minimum atomic E-state index is -4.97. The van der Waals surface area contributed by atoms with Crippen LogP contribution in [0.4, 0.5) is 13.2 Å². The topological polar surface area (TPSA) is 98.8 Å². The van der Waals surface area contributed by atoms with Crippen LogP contribution in [0.15, 0.2) is 82.6 Å². The van der Waals surface area contributed by atoms with Crippen molar-refractivity contribution in [2.75, 3.05) is 13.2 Å². The van der Waals surface area contributed by atoms with Gasteiger partial charge in [0, 0.05) is 6.54 Å². The Morgan fingerprint density at radius 3 is 2.16 bits per heavy atom. The first-order valence-corrected chi connectivity index (χ1v) is 12.7. The van der Waals surface area contributed by atoms with E-state index in [1.165, 1.54) is 42.5 Å². The van der Waals surface area contributed by atoms with Crippen molar-refractivity contribution in [3.63, 3.8) is 0 Å². The van der Waals surface area contributed by atoms with Gasteiger partial charge < -0.3 is 14.8 Å². The van der Waals surface area contributed by atoms with Crippen LogP contribution in [-0.2, 0) is 32.4 Å². The van der Waals surface area contributed by atoms with E-state index in [0.717, 1.165) is 5.56 Å². The Morgan fingerprint density at radius 1 is 0.892 bits per heavy atom. The van der Waals surface area contributed by atoms with Crippen LogP contribution in [0.25, 0.3) is 0 Å². The Balaban J connectivity index is 1.78. The van der Waals surface area contributed by atoms with Crippen molar-refractivity contribution in [3.8, 4) is 5.75 Å². The molecule has 3 rings (SSSR count). The van der Waals surface area contributed by atoms with Gasteiger partial charge >= 0.3 is 18.1 Å². The molecule has 7 nitrogen and oxygen atoms in total. The van der Waals surface area contributed by atoms with Gasteiger partial charge in [-0.15, -0.1) is 0 Å². The van der Waals surface area contributed by atoms with E-state index in [4.69, 9.17) is 9.47 Å². The first-order chi connectivity index (χ1) is 17.5. The summed E-state index contributed by atoms with van der Waals surface area (Å²) >= 11 is 0. The average molecular weight is 536 g/mol. The molecule has 37 heavy (non-hydrogen) atoms. The monoisotopic (exact) mass is 535 g/mol. The number of hydrogen-bond acceptors (Lipinski definition) is 6. The van der Waals surface area contributed by atoms with Crippen LogP contribution in [0.2, 0.25) is 0 Å². The van der Waals surface area contributed by atoms with Crippen LogP contribution in [0.1, 0.15) is 28.4 Å². The zero-order chi connectivity index (χ0) is 27.1. The molecule has 0 spiro atoms. The van der Waals surface area contributed by atoms with E-state index < -0.39 is 27.9 Å². The van der Waals surface area contributed by atoms with Gasteiger partial charge in [-0.2, -0.15) is 13.2 Å². The number of ether oxygens (including phenoxy) is 2. The molecule has 0 heterocycles. The van der Waals surface area contributed by atoms with E-state index in [-0.39, 0.29) is 47.3 Å². The predicted molar refractivity (Wildman–Crippen MR) is 128 cm³/mol. The molecule has 11 heteroatoms. The van der Waals surface area contributed by atoms with Crippen molar-refractivity contribution < 1.29 is 40.7 Å². The van der Waals surface area contributed by atoms with Gasteiger partial charge in [0.05, 0.1) is 16.4 Å². The zero-order valence-corrected chi connectivity index (χ0v) is 20.6. The molecule has 0 atom stereocenters. The van der Waals surface area contributed by atoms with Crippen LogP contribution >= 0.6 is 0 Å². The van der Waals surface area contributed by atoms with Gasteiger partial charge in [-0.3, -0.25) is 4.79 Å². The number of carbonyl (C=O) groups is 2. The maximum absolute atomic E-state index is 13.2. The third-order valence-corrected chi connectivity index (χ3v) is 6.95. The summed E-state index contributed by atoms with van der Waals surface area (Å²) in [6, 6.07) is 18.6. The number of nitrogens with one attached hydrogen (secondary N) is 1. The summed E-state index contributed by atoms with van der Waals surface area (Å²) in [5, 5.41) is 1.76. The van der Waals surface area contributed by atoms with Crippen LogP contribution in [-0.4, -0.2) is 39.6 Å². The highest BCUT2D eigenvalue weighted by Crippen LogP contribution is 2.28. The molecule has 0 fully saturated rings. The number of alkyl halides is 3. The van der Waals surface area contributed by atoms with E-state index in [0.29, 0.717) is 5.56 Å². The number of halogens is 3. The van der Waals surface area contributed by atoms with Crippen molar-refractivity contribution in [3.05, 3.63) is 89.5 Å². The second-order valence-corrected chi connectivity index (χ2v) is 9.75. The molecule has 3 aromatic carbocycles. The van der Waals surface area contributed by atoms with E-state index in [9.17, 15) is 31.2 Å². The number of hydrogen-bond donors (Lipinski definition) is 1. The molecular weight excluding hydrogens is 511 g/mol. The fourth-order valence-electron chi connectivity index (χ4n) is 3.30. The summed E-state index contributed by atoms with van der Waals surface area (Å²) in [5.41, 5.74) is 1.33. The van der Waals surface area contributed by atoms with E-state index in [1.54, 1.807) is 12.2 Å². The van der Waals surface area contributed by atoms with Gasteiger partial charge in [0.1, 0.15) is 17.9 Å². The summed E-state index contributed by atoms with van der Waals surface area (Å²) in [6.07, 6.45) is -4.90. The van der Waals surface area contributed by atoms with Gasteiger partial charge in [-0.25, -0.2) is 13.2 Å². The Labute approximate surface area is 212 Å². The average Bonchev–Trinajstić information content (AvgIpc) is 2.87. The fraction of sp³-hybridized carbons (Fsp3) is 0.231. The molecule has 1 N–H and O–H groups in total. The first kappa shape index (κ1) is 27.7. The lowest BCUT2D eigenvalue weighted by Gasteiger charge is -2.13. The van der Waals surface area contributed by atoms with Crippen molar-refractivity contribution in [2.24, 2.45) is 0 Å². The van der Waals surface area contributed by atoms with Crippen molar-refractivity contribution >= 4 is 21.7 Å². The molecule has 0 aliphatic heterocycles. The van der Waals surface area contributed by atoms with E-state index in [2.05, 4.69) is 0 Å². The number of carbonyl (C=O) groups excluding carboxylic acids is 2. The third kappa shape index (κ3) is 7.32. The Kier molecular flexibility index (Phi) is 8.93. The van der Waals surface area contributed by atoms with E-state index in [1.807, 2.05) is 30.3 Å². The lowest BCUT2D eigenvalue weighted by atomic mass is 10.1. The molecule has 0 aromatic heterocycles. The standard InChI is InChI=1S/C26H24F3NO6S/c1-2-35-24(31)22-16-21(12-13-23(22)36-17-19-6-4-3-5-7-19)37(33,34)20-10-8-18(9-11-20)14-15-30-25(32)26(27,28)29/h3-13,16H,2,14-15,17H2,1H3,(H,30,32). The zero-order valence-electron chi connectivity index (χ0n) is 19.7. The van der Waals surface area contributed by atoms with Crippen LogP contribution in [0, 0.1) is 0 Å². The van der Waals surface area contributed by atoms with Crippen LogP contribution < -0.4 is 10.1 Å². The fourth-order valence-corrected chi connectivity index (χ4v) is 4.58. The lowest BCUT2D eigenvalue weighted by Crippen LogP contribution is -2.37. The third-order valence-electron chi connectivity index (χ3n) is 5.18. The maximum Gasteiger partial charge on any atom is 0.471 e. The number of sulfone groups is 1. The summed E-state index contributed by atoms with van der Waals surface area (Å²) in [6.45, 7) is 1.60. The van der Waals surface area contributed by atoms with Crippen molar-refractivity contribution in [1.82, 2.24) is 5.32 Å². The highest BCUT2D eigenvalue weighted by atomic mass is 32.2. The second kappa shape index (κ2) is 11.9. The molecule has 1 amide bonds. The summed E-state index contributed by atoms with van der Waals surface area (Å²) < 4.78 is 74.1. The van der Waals surface area contributed by atoms with Gasteiger partial charge in [-0.1, -0.05) is 42.5 Å². The maximum atomic E-state index is 13.2. The largest absolute Gasteiger partial charge is 0.488 e. The summed E-state index contributed by atoms with van der Waals surface area (Å²) in [7, 11) is -4.05. The SMILES string of the molecule is CCOC(=O)c1cc(S(=O)(=O)c2ccc(CCNC(=O)C(F)(F)F)cc2)ccc1OCc1ccccc1. The number of benzene rings is 3. The Bertz CT molecular complexity index is 1340. The van der Waals surface area contributed by atoms with Gasteiger partial charge in [0.15, 0.2) is 0 Å². The Hall–Kier alpha value is -3.86. The second-order valence-electron chi connectivity index (χ2n) is 7.80. The molecule has 0 aliphatic carbocycles. The molecule has 196 valence electrons. The molecule has 0 radical (unpaired) electrons. The molecular formula is C26H24F3NO6S. The smallest absolute Gasteiger partial charge is 0.471 e. The summed E-state index contributed by atoms with van der Waals surface area (Å²) in [4.78, 5) is 23.2.